The molecule has 86 valence electrons. The second kappa shape index (κ2) is 5.36. The number of carbonyl (C=O) groups excluding carboxylic acids is 1. The van der Waals surface area contributed by atoms with E-state index in [1.165, 1.54) is 0 Å². The van der Waals surface area contributed by atoms with Gasteiger partial charge < -0.3 is 0 Å². The van der Waals surface area contributed by atoms with Crippen molar-refractivity contribution in [1.29, 1.82) is 0 Å². The van der Waals surface area contributed by atoms with Crippen molar-refractivity contribution in [1.82, 2.24) is 0 Å². The fourth-order valence-corrected chi connectivity index (χ4v) is 0.369. The number of rotatable bonds is 2. The molecule has 0 saturated heterocycles. The zero-order valence-corrected chi connectivity index (χ0v) is 5.84. The normalized spacial score (nSPS) is 16.5. The molecule has 0 aliphatic carbocycles. The Morgan fingerprint density at radius 3 is 1.33 bits per heavy atom. The first-order chi connectivity index (χ1) is 5.90. The first kappa shape index (κ1) is 18.1. The Kier molecular flexibility index (Phi) is 6.46. The third kappa shape index (κ3) is 5.04. The van der Waals surface area contributed by atoms with Gasteiger partial charge in [0.1, 0.15) is 0 Å². The van der Waals surface area contributed by atoms with E-state index >= 15 is 0 Å². The molecule has 0 N–H and O–H groups in total. The van der Waals surface area contributed by atoms with E-state index in [-0.39, 0.29) is 51.4 Å². The molecule has 15 heavy (non-hydrogen) atoms. The molecule has 1 atom stereocenters. The molecule has 0 aromatic heterocycles. The molecule has 0 saturated carbocycles. The van der Waals surface area contributed by atoms with Crippen molar-refractivity contribution in [3.63, 3.8) is 0 Å². The summed E-state index contributed by atoms with van der Waals surface area (Å²) in [7, 11) is 0. The molecular weight excluding hydrogens is 271 g/mol. The van der Waals surface area contributed by atoms with Crippen LogP contribution < -0.4 is 0 Å². The molecule has 0 aromatic rings. The van der Waals surface area contributed by atoms with E-state index in [4.69, 9.17) is 0 Å². The maximum atomic E-state index is 12.1. The summed E-state index contributed by atoms with van der Waals surface area (Å²) in [6.45, 7) is 0. The van der Waals surface area contributed by atoms with Crippen molar-refractivity contribution >= 4 is 57.4 Å². The van der Waals surface area contributed by atoms with Crippen LogP contribution in [-0.4, -0.2) is 75.8 Å². The van der Waals surface area contributed by atoms with Crippen LogP contribution in [0.4, 0.5) is 35.1 Å². The van der Waals surface area contributed by atoms with Crippen LogP contribution in [0.15, 0.2) is 0 Å². The summed E-state index contributed by atoms with van der Waals surface area (Å²) in [5.74, 6) is -6.01. The summed E-state index contributed by atoms with van der Waals surface area (Å²) in [5, 5.41) is 0. The van der Waals surface area contributed by atoms with Gasteiger partial charge >= 0.3 is 75.8 Å². The Hall–Kier alpha value is 0.706. The van der Waals surface area contributed by atoms with Gasteiger partial charge in [-0.1, -0.05) is 0 Å². The van der Waals surface area contributed by atoms with Crippen molar-refractivity contribution < 1.29 is 44.7 Å². The van der Waals surface area contributed by atoms with Gasteiger partial charge in [0.15, 0.2) is 0 Å². The van der Waals surface area contributed by atoms with Gasteiger partial charge in [0.25, 0.3) is 0 Å². The molecule has 0 bridgehead atoms. The number of carbonyl (C=O) groups is 1. The van der Waals surface area contributed by atoms with Gasteiger partial charge in [0, 0.05) is 0 Å². The third-order valence-electron chi connectivity index (χ3n) is 0.874. The molecule has 0 spiro atoms. The second-order valence-electron chi connectivity index (χ2n) is 1.91. The van der Waals surface area contributed by atoms with E-state index < -0.39 is 24.4 Å². The molecular formula is C4HF8KO2. The molecule has 0 radical (unpaired) electrons. The van der Waals surface area contributed by atoms with Crippen LogP contribution in [0, 0.1) is 0 Å². The molecule has 0 aliphatic heterocycles. The van der Waals surface area contributed by atoms with Crippen LogP contribution in [0.25, 0.3) is 0 Å². The molecule has 0 aliphatic rings. The molecule has 0 amide bonds. The standard InChI is InChI=1S/C4F8O2.K.H/c5-1(13)2(6,3(7,8)9)14-4(10,11)12;;. The van der Waals surface area contributed by atoms with Gasteiger partial charge in [-0.3, -0.25) is 4.79 Å². The topological polar surface area (TPSA) is 26.3 Å². The molecule has 2 nitrogen and oxygen atoms in total. The van der Waals surface area contributed by atoms with Crippen LogP contribution in [0.5, 0.6) is 0 Å². The van der Waals surface area contributed by atoms with Crippen LogP contribution in [0.3, 0.4) is 0 Å². The Morgan fingerprint density at radius 2 is 1.27 bits per heavy atom. The predicted molar refractivity (Wildman–Crippen MR) is 30.3 cm³/mol. The van der Waals surface area contributed by atoms with Gasteiger partial charge in [0.2, 0.25) is 0 Å². The van der Waals surface area contributed by atoms with Crippen LogP contribution in [0.1, 0.15) is 0 Å². The van der Waals surface area contributed by atoms with Crippen LogP contribution >= 0.6 is 0 Å². The Labute approximate surface area is 119 Å². The summed E-state index contributed by atoms with van der Waals surface area (Å²) < 4.78 is 93.0. The maximum absolute atomic E-state index is 12.1. The summed E-state index contributed by atoms with van der Waals surface area (Å²) in [6, 6.07) is -3.93. The van der Waals surface area contributed by atoms with Gasteiger partial charge in [-0.2, -0.15) is 22.0 Å². The average Bonchev–Trinajstić information content (AvgIpc) is 1.79. The quantitative estimate of drug-likeness (QED) is 0.433. The number of alkyl halides is 7. The molecule has 0 aromatic carbocycles. The second-order valence-corrected chi connectivity index (χ2v) is 1.91. The third-order valence-corrected chi connectivity index (χ3v) is 0.874. The van der Waals surface area contributed by atoms with E-state index in [2.05, 4.69) is 0 Å². The van der Waals surface area contributed by atoms with Gasteiger partial charge in [-0.25, -0.2) is 4.74 Å². The molecule has 0 rings (SSSR count). The van der Waals surface area contributed by atoms with Crippen molar-refractivity contribution in [2.45, 2.75) is 18.4 Å². The van der Waals surface area contributed by atoms with Crippen LogP contribution in [-0.2, 0) is 9.53 Å². The molecule has 11 heteroatoms. The van der Waals surface area contributed by atoms with Crippen molar-refractivity contribution in [3.05, 3.63) is 0 Å². The van der Waals surface area contributed by atoms with Gasteiger partial charge in [-0.15, -0.1) is 13.2 Å². The van der Waals surface area contributed by atoms with Gasteiger partial charge in [0.05, 0.1) is 0 Å². The summed E-state index contributed by atoms with van der Waals surface area (Å²) in [4.78, 5) is 9.40. The molecule has 1 unspecified atom stereocenters. The Balaban J connectivity index is 0. The van der Waals surface area contributed by atoms with E-state index in [0.717, 1.165) is 0 Å². The minimum absolute atomic E-state index is 0. The van der Waals surface area contributed by atoms with Crippen molar-refractivity contribution in [3.8, 4) is 0 Å². The van der Waals surface area contributed by atoms with Crippen LogP contribution in [0.2, 0.25) is 0 Å². The zero-order chi connectivity index (χ0) is 11.8. The summed E-state index contributed by atoms with van der Waals surface area (Å²) in [6.07, 6.45) is -12.6. The predicted octanol–water partition coefficient (Wildman–Crippen LogP) is 1.60. The molecule has 0 fully saturated rings. The summed E-state index contributed by atoms with van der Waals surface area (Å²) >= 11 is 0. The zero-order valence-electron chi connectivity index (χ0n) is 5.84. The van der Waals surface area contributed by atoms with E-state index in [1.54, 1.807) is 4.74 Å². The number of ether oxygens (including phenoxy) is 1. The fourth-order valence-electron chi connectivity index (χ4n) is 0.369. The van der Waals surface area contributed by atoms with E-state index in [9.17, 15) is 39.9 Å². The van der Waals surface area contributed by atoms with Crippen molar-refractivity contribution in [2.75, 3.05) is 0 Å². The molecule has 0 heterocycles. The van der Waals surface area contributed by atoms with Gasteiger partial charge in [-0.05, 0) is 0 Å². The Bertz CT molecular complexity index is 234. The first-order valence-electron chi connectivity index (χ1n) is 2.62. The number of halogens is 8. The van der Waals surface area contributed by atoms with E-state index in [1.807, 2.05) is 0 Å². The number of hydrogen-bond donors (Lipinski definition) is 0. The SMILES string of the molecule is O=C(F)C(F)(OC(F)(F)F)C(F)(F)F.[KH]. The fraction of sp³-hybridized carbons (Fsp3) is 0.750. The van der Waals surface area contributed by atoms with E-state index in [0.29, 0.717) is 0 Å². The first-order valence-corrected chi connectivity index (χ1v) is 2.62. The summed E-state index contributed by atoms with van der Waals surface area (Å²) in [5.41, 5.74) is 0. The average molecular weight is 272 g/mol. The number of hydrogen-bond acceptors (Lipinski definition) is 2. The Morgan fingerprint density at radius 1 is 0.933 bits per heavy atom. The monoisotopic (exact) mass is 272 g/mol. The minimum atomic E-state index is -6.45. The van der Waals surface area contributed by atoms with Crippen molar-refractivity contribution in [2.24, 2.45) is 0 Å².